The van der Waals surface area contributed by atoms with Crippen molar-refractivity contribution in [2.45, 2.75) is 67.8 Å². The largest absolute Gasteiger partial charge is 0.504 e. The van der Waals surface area contributed by atoms with E-state index < -0.39 is 53.3 Å². The van der Waals surface area contributed by atoms with Crippen LogP contribution < -0.4 is 0 Å². The molecular formula is C18H25F4NO6S2. The van der Waals surface area contributed by atoms with E-state index in [0.717, 1.165) is 29.4 Å². The Bertz CT molecular complexity index is 899. The predicted octanol–water partition coefficient (Wildman–Crippen LogP) is 3.93. The zero-order chi connectivity index (χ0) is 23.8. The summed E-state index contributed by atoms with van der Waals surface area (Å²) in [6.45, 7) is 1.72. The van der Waals surface area contributed by atoms with Gasteiger partial charge in [0.05, 0.1) is 6.04 Å². The fourth-order valence-electron chi connectivity index (χ4n) is 3.83. The Labute approximate surface area is 179 Å². The number of sulfone groups is 1. The predicted molar refractivity (Wildman–Crippen MR) is 108 cm³/mol. The molecular weight excluding hydrogens is 466 g/mol. The van der Waals surface area contributed by atoms with Crippen LogP contribution in [0.3, 0.4) is 0 Å². The van der Waals surface area contributed by atoms with E-state index in [0.29, 0.717) is 32.3 Å². The van der Waals surface area contributed by atoms with Crippen molar-refractivity contribution in [1.29, 1.82) is 0 Å². The molecule has 1 fully saturated rings. The van der Waals surface area contributed by atoms with Gasteiger partial charge in [0.25, 0.3) is 16.0 Å². The van der Waals surface area contributed by atoms with E-state index in [1.807, 2.05) is 6.08 Å². The smallest absolute Gasteiger partial charge is 0.331 e. The highest BCUT2D eigenvalue weighted by Gasteiger charge is 2.60. The van der Waals surface area contributed by atoms with E-state index in [2.05, 4.69) is 0 Å². The van der Waals surface area contributed by atoms with Gasteiger partial charge in [-0.05, 0) is 45.6 Å². The quantitative estimate of drug-likeness (QED) is 0.445. The minimum absolute atomic E-state index is 0.0366. The van der Waals surface area contributed by atoms with E-state index in [1.165, 1.54) is 6.92 Å². The van der Waals surface area contributed by atoms with E-state index in [9.17, 15) is 40.3 Å². The highest BCUT2D eigenvalue weighted by Crippen LogP contribution is 2.60. The first-order valence-corrected chi connectivity index (χ1v) is 12.7. The Morgan fingerprint density at radius 1 is 1.23 bits per heavy atom. The molecule has 1 amide bonds. The first-order chi connectivity index (χ1) is 14.1. The topological polar surface area (TPSA) is 112 Å². The molecule has 3 unspecified atom stereocenters. The lowest BCUT2D eigenvalue weighted by Crippen LogP contribution is -2.56. The van der Waals surface area contributed by atoms with Crippen LogP contribution in [0.4, 0.5) is 17.6 Å². The standard InChI is InChI=1S/C18H25F4NO6S2/c1-3-10-17(19,16(25)23-11-6-8-13-7-4-5-9-14(13)23)30(26,27)12(2)15(24)31(28,29)18(20,21)22/h3,8,10,12,14,26-27H,4-7,9,11H2,1-2H3. The molecule has 0 aromatic rings. The number of fused-ring (bicyclic) bond motifs is 1. The number of nitrogens with zero attached hydrogens (tertiary/aromatic N) is 1. The average Bonchev–Trinajstić information content (AvgIpc) is 2.70. The zero-order valence-electron chi connectivity index (χ0n) is 16.9. The van der Waals surface area contributed by atoms with Crippen molar-refractivity contribution in [3.05, 3.63) is 23.8 Å². The molecule has 0 aromatic carbocycles. The molecule has 0 bridgehead atoms. The molecule has 1 aliphatic heterocycles. The molecule has 0 radical (unpaired) electrons. The molecule has 31 heavy (non-hydrogen) atoms. The number of hydrogen-bond donors (Lipinski definition) is 2. The van der Waals surface area contributed by atoms with E-state index >= 15 is 4.39 Å². The lowest BCUT2D eigenvalue weighted by molar-refractivity contribution is -0.139. The molecule has 7 nitrogen and oxygen atoms in total. The fraction of sp³-hybridized carbons (Fsp3) is 0.667. The summed E-state index contributed by atoms with van der Waals surface area (Å²) in [5.41, 5.74) is -5.12. The van der Waals surface area contributed by atoms with Gasteiger partial charge in [0, 0.05) is 6.54 Å². The second kappa shape index (κ2) is 8.83. The van der Waals surface area contributed by atoms with Crippen LogP contribution in [0, 0.1) is 0 Å². The highest BCUT2D eigenvalue weighted by atomic mass is 32.3. The lowest BCUT2D eigenvalue weighted by Gasteiger charge is -2.49. The van der Waals surface area contributed by atoms with Crippen molar-refractivity contribution in [3.8, 4) is 0 Å². The van der Waals surface area contributed by atoms with Gasteiger partial charge in [-0.25, -0.2) is 12.8 Å². The Kier molecular flexibility index (Phi) is 7.36. The van der Waals surface area contributed by atoms with Crippen LogP contribution in [0.25, 0.3) is 0 Å². The lowest BCUT2D eigenvalue weighted by atomic mass is 9.85. The summed E-state index contributed by atoms with van der Waals surface area (Å²) in [5, 5.41) is -9.04. The SMILES string of the molecule is CC=CC(F)(C(=O)N1CCC=C2CCCCC21)S(O)(O)C(C)C(=O)S(=O)(=O)C(F)(F)F. The van der Waals surface area contributed by atoms with Gasteiger partial charge >= 0.3 is 15.3 Å². The summed E-state index contributed by atoms with van der Waals surface area (Å²) in [4.78, 5) is 26.3. The third-order valence-corrected chi connectivity index (χ3v) is 9.57. The van der Waals surface area contributed by atoms with Crippen molar-refractivity contribution in [2.75, 3.05) is 6.54 Å². The number of halogens is 4. The van der Waals surface area contributed by atoms with E-state index in [4.69, 9.17) is 0 Å². The summed E-state index contributed by atoms with van der Waals surface area (Å²) in [6.07, 6.45) is 6.48. The van der Waals surface area contributed by atoms with Gasteiger partial charge in [-0.15, -0.1) is 10.6 Å². The van der Waals surface area contributed by atoms with Gasteiger partial charge in [-0.2, -0.15) is 13.2 Å². The monoisotopic (exact) mass is 491 g/mol. The average molecular weight is 492 g/mol. The van der Waals surface area contributed by atoms with Crippen molar-refractivity contribution in [3.63, 3.8) is 0 Å². The Balaban J connectivity index is 2.47. The normalized spacial score (nSPS) is 24.2. The summed E-state index contributed by atoms with van der Waals surface area (Å²) in [5.74, 6) is -1.42. The molecule has 1 aliphatic carbocycles. The maximum atomic E-state index is 16.0. The molecule has 178 valence electrons. The summed E-state index contributed by atoms with van der Waals surface area (Å²) >= 11 is 0. The van der Waals surface area contributed by atoms with Crippen LogP contribution >= 0.6 is 10.6 Å². The maximum Gasteiger partial charge on any atom is 0.504 e. The number of alkyl halides is 4. The van der Waals surface area contributed by atoms with Crippen molar-refractivity contribution in [2.24, 2.45) is 0 Å². The van der Waals surface area contributed by atoms with Crippen LogP contribution in [0.1, 0.15) is 46.0 Å². The number of rotatable bonds is 5. The van der Waals surface area contributed by atoms with Gasteiger partial charge in [0.2, 0.25) is 0 Å². The molecule has 0 aromatic heterocycles. The highest BCUT2D eigenvalue weighted by molar-refractivity contribution is 8.28. The third kappa shape index (κ3) is 4.41. The molecule has 1 saturated carbocycles. The maximum absolute atomic E-state index is 16.0. The van der Waals surface area contributed by atoms with Crippen LogP contribution in [-0.2, 0) is 19.4 Å². The summed E-state index contributed by atoms with van der Waals surface area (Å²) < 4.78 is 98.3. The van der Waals surface area contributed by atoms with Gasteiger partial charge < -0.3 is 4.90 Å². The zero-order valence-corrected chi connectivity index (χ0v) is 18.6. The van der Waals surface area contributed by atoms with Crippen LogP contribution in [0.2, 0.25) is 0 Å². The minimum atomic E-state index is -6.47. The molecule has 0 spiro atoms. The number of amides is 1. The molecule has 0 saturated heterocycles. The van der Waals surface area contributed by atoms with Crippen LogP contribution in [-0.4, -0.2) is 61.8 Å². The van der Waals surface area contributed by atoms with Crippen molar-refractivity contribution < 1.29 is 44.7 Å². The van der Waals surface area contributed by atoms with Gasteiger partial charge in [0.15, 0.2) is 0 Å². The van der Waals surface area contributed by atoms with Crippen LogP contribution in [0.15, 0.2) is 23.8 Å². The first kappa shape index (κ1) is 25.8. The minimum Gasteiger partial charge on any atom is -0.331 e. The second-order valence-electron chi connectivity index (χ2n) is 7.48. The molecule has 2 rings (SSSR count). The van der Waals surface area contributed by atoms with Gasteiger partial charge in [-0.3, -0.25) is 18.7 Å². The Hall–Kier alpha value is -1.44. The number of allylic oxidation sites excluding steroid dienone is 1. The molecule has 2 aliphatic rings. The fourth-order valence-corrected chi connectivity index (χ4v) is 6.78. The molecule has 2 N–H and O–H groups in total. The van der Waals surface area contributed by atoms with Crippen molar-refractivity contribution in [1.82, 2.24) is 4.90 Å². The Morgan fingerprint density at radius 2 is 1.84 bits per heavy atom. The third-order valence-electron chi connectivity index (χ3n) is 5.54. The van der Waals surface area contributed by atoms with E-state index in [-0.39, 0.29) is 6.54 Å². The summed E-state index contributed by atoms with van der Waals surface area (Å²) in [7, 11) is -11.7. The summed E-state index contributed by atoms with van der Waals surface area (Å²) in [6, 6.07) is -0.504. The molecule has 13 heteroatoms. The molecule has 3 atom stereocenters. The number of carbonyl (C=O) groups excluding carboxylic acids is 2. The van der Waals surface area contributed by atoms with Crippen molar-refractivity contribution >= 4 is 31.4 Å². The number of carbonyl (C=O) groups is 2. The van der Waals surface area contributed by atoms with Gasteiger partial charge in [0.1, 0.15) is 5.25 Å². The number of hydrogen-bond acceptors (Lipinski definition) is 6. The molecule has 1 heterocycles. The van der Waals surface area contributed by atoms with Gasteiger partial charge in [-0.1, -0.05) is 24.1 Å². The second-order valence-corrected chi connectivity index (χ2v) is 11.8. The van der Waals surface area contributed by atoms with E-state index in [1.54, 1.807) is 0 Å². The van der Waals surface area contributed by atoms with Crippen LogP contribution in [0.5, 0.6) is 0 Å². The Morgan fingerprint density at radius 3 is 2.39 bits per heavy atom. The first-order valence-electron chi connectivity index (χ1n) is 9.57.